The number of nitrogens with two attached hydrogens (primary N) is 1. The third kappa shape index (κ3) is 4.66. The second-order valence-corrected chi connectivity index (χ2v) is 10.3. The van der Waals surface area contributed by atoms with E-state index in [1.54, 1.807) is 11.5 Å². The van der Waals surface area contributed by atoms with E-state index in [1.165, 1.54) is 23.8 Å². The maximum Gasteiger partial charge on any atom is 0.352 e. The molecule has 0 aliphatic carbocycles. The number of quaternary nitrogens is 1. The van der Waals surface area contributed by atoms with Crippen LogP contribution in [0, 0.1) is 0 Å². The number of amides is 2. The first kappa shape index (κ1) is 24.2. The van der Waals surface area contributed by atoms with E-state index < -0.39 is 29.2 Å². The molecule has 0 radical (unpaired) electrons. The molecule has 4 rings (SSSR count). The van der Waals surface area contributed by atoms with Crippen molar-refractivity contribution in [3.05, 3.63) is 34.5 Å². The third-order valence-corrected chi connectivity index (χ3v) is 7.51. The Morgan fingerprint density at radius 1 is 1.47 bits per heavy atom. The number of fused-ring (bicyclic) bond motifs is 1. The molecule has 1 aromatic rings. The number of carbonyl (C=O) groups is 3. The lowest BCUT2D eigenvalue weighted by Crippen LogP contribution is -2.71. The van der Waals surface area contributed by atoms with Gasteiger partial charge >= 0.3 is 5.97 Å². The summed E-state index contributed by atoms with van der Waals surface area (Å²) in [6.07, 6.45) is 4.25. The number of oxime groups is 1. The highest BCUT2D eigenvalue weighted by Crippen LogP contribution is 2.41. The molecule has 3 atom stereocenters. The monoisotopic (exact) mass is 509 g/mol. The second-order valence-electron chi connectivity index (χ2n) is 8.32. The van der Waals surface area contributed by atoms with Gasteiger partial charge in [-0.1, -0.05) is 11.2 Å². The minimum atomic E-state index is -1.20. The number of nitrogen functional groups attached to an aromatic ring is 1. The Bertz CT molecular complexity index is 1110. The number of rotatable bonds is 7. The van der Waals surface area contributed by atoms with E-state index in [2.05, 4.69) is 15.5 Å². The zero-order valence-corrected chi connectivity index (χ0v) is 20.4. The van der Waals surface area contributed by atoms with Gasteiger partial charge in [0.15, 0.2) is 10.8 Å². The van der Waals surface area contributed by atoms with Crippen molar-refractivity contribution in [1.82, 2.24) is 15.2 Å². The lowest BCUT2D eigenvalue weighted by Gasteiger charge is -2.49. The Morgan fingerprint density at radius 2 is 2.24 bits per heavy atom. The minimum Gasteiger partial charge on any atom is -0.477 e. The van der Waals surface area contributed by atoms with Crippen LogP contribution < -0.4 is 11.1 Å². The topological polar surface area (TPSA) is 156 Å². The van der Waals surface area contributed by atoms with Crippen molar-refractivity contribution in [2.75, 3.05) is 39.2 Å². The molecule has 1 aromatic heterocycles. The Morgan fingerprint density at radius 3 is 2.82 bits per heavy atom. The van der Waals surface area contributed by atoms with Gasteiger partial charge < -0.3 is 21.0 Å². The van der Waals surface area contributed by atoms with Gasteiger partial charge in [-0.25, -0.2) is 9.78 Å². The number of hydrogen-bond acceptors (Lipinski definition) is 10. The smallest absolute Gasteiger partial charge is 0.352 e. The number of hydroxylamine groups is 3. The second kappa shape index (κ2) is 9.37. The van der Waals surface area contributed by atoms with Crippen molar-refractivity contribution in [2.45, 2.75) is 23.9 Å². The molecule has 0 spiro atoms. The molecular weight excluding hydrogens is 484 g/mol. The van der Waals surface area contributed by atoms with Gasteiger partial charge in [-0.2, -0.15) is 9.48 Å². The van der Waals surface area contributed by atoms with E-state index >= 15 is 0 Å². The molecule has 2 amide bonds. The Balaban J connectivity index is 1.49. The quantitative estimate of drug-likeness (QED) is 0.201. The van der Waals surface area contributed by atoms with Crippen LogP contribution in [0.4, 0.5) is 5.13 Å². The summed E-state index contributed by atoms with van der Waals surface area (Å²) in [5.74, 6) is -2.02. The van der Waals surface area contributed by atoms with E-state index in [-0.39, 0.29) is 28.3 Å². The van der Waals surface area contributed by atoms with Crippen molar-refractivity contribution < 1.29 is 33.8 Å². The average molecular weight is 510 g/mol. The van der Waals surface area contributed by atoms with Gasteiger partial charge in [0.25, 0.3) is 11.8 Å². The van der Waals surface area contributed by atoms with Gasteiger partial charge in [-0.05, 0) is 11.6 Å². The van der Waals surface area contributed by atoms with E-state index in [4.69, 9.17) is 15.4 Å². The molecule has 0 unspecified atom stereocenters. The first-order chi connectivity index (χ1) is 16.1. The standard InChI is InChI=1S/C20H24N6O6S2/c1-26(2)7-6-11(32-26)5-4-10-8-33-18-14(17(28)25(18)15(10)19(29)30)23-16(27)13(24-31-3)12-9-34-20(21)22-12/h4-5,9,11,14,18H,6-8H2,1-3H3,(H3-,21,22,23,27,29,30)/p+1/b5-4+,24-13-/t11-,14+,18+/m0/s1. The van der Waals surface area contributed by atoms with Crippen molar-refractivity contribution >= 4 is 51.7 Å². The van der Waals surface area contributed by atoms with Crippen LogP contribution in [0.15, 0.2) is 34.0 Å². The minimum absolute atomic E-state index is 0.0831. The number of β-lactam (4-membered cyclic amide) rings is 1. The number of nitrogens with zero attached hydrogens (tertiary/aromatic N) is 4. The highest BCUT2D eigenvalue weighted by atomic mass is 32.2. The predicted octanol–water partition coefficient (Wildman–Crippen LogP) is 0.151. The number of carbonyl (C=O) groups excluding carboxylic acids is 2. The van der Waals surface area contributed by atoms with E-state index in [0.717, 1.165) is 24.3 Å². The van der Waals surface area contributed by atoms with Crippen LogP contribution >= 0.6 is 23.1 Å². The van der Waals surface area contributed by atoms with Crippen molar-refractivity contribution in [1.29, 1.82) is 0 Å². The number of allylic oxidation sites excluding steroid dienone is 1. The zero-order valence-electron chi connectivity index (χ0n) is 18.8. The molecule has 0 bridgehead atoms. The number of hydrogen-bond donors (Lipinski definition) is 3. The van der Waals surface area contributed by atoms with Crippen LogP contribution in [0.5, 0.6) is 0 Å². The number of carboxylic acid groups (broad SMARTS) is 1. The molecule has 12 nitrogen and oxygen atoms in total. The molecule has 3 aliphatic heterocycles. The molecule has 0 aromatic carbocycles. The first-order valence-electron chi connectivity index (χ1n) is 10.4. The molecule has 14 heteroatoms. The molecule has 2 saturated heterocycles. The average Bonchev–Trinajstić information content (AvgIpc) is 3.37. The molecule has 34 heavy (non-hydrogen) atoms. The predicted molar refractivity (Wildman–Crippen MR) is 125 cm³/mol. The molecule has 182 valence electrons. The number of thioether (sulfide) groups is 1. The molecule has 0 saturated carbocycles. The molecule has 3 aliphatic rings. The van der Waals surface area contributed by atoms with Gasteiger partial charge in [0.05, 0.1) is 14.1 Å². The highest BCUT2D eigenvalue weighted by molar-refractivity contribution is 8.00. The van der Waals surface area contributed by atoms with Crippen LogP contribution in [0.1, 0.15) is 12.1 Å². The van der Waals surface area contributed by atoms with Gasteiger partial charge in [0.2, 0.25) is 0 Å². The third-order valence-electron chi connectivity index (χ3n) is 5.53. The summed E-state index contributed by atoms with van der Waals surface area (Å²) in [5, 5.41) is 17.4. The largest absolute Gasteiger partial charge is 0.477 e. The maximum absolute atomic E-state index is 12.9. The normalized spacial score (nSPS) is 26.4. The van der Waals surface area contributed by atoms with Gasteiger partial charge in [0.1, 0.15) is 42.6 Å². The number of aromatic nitrogens is 1. The number of nitrogens with one attached hydrogen (secondary N) is 1. The van der Waals surface area contributed by atoms with Crippen LogP contribution in [0.3, 0.4) is 0 Å². The van der Waals surface area contributed by atoms with Gasteiger partial charge in [0, 0.05) is 17.6 Å². The fraction of sp³-hybridized carbons (Fsp3) is 0.450. The Kier molecular flexibility index (Phi) is 6.66. The summed E-state index contributed by atoms with van der Waals surface area (Å²) < 4.78 is 0.435. The Labute approximate surface area is 203 Å². The number of anilines is 1. The lowest BCUT2D eigenvalue weighted by molar-refractivity contribution is -1.06. The van der Waals surface area contributed by atoms with Crippen LogP contribution in [0.25, 0.3) is 0 Å². The number of carboxylic acids is 1. The van der Waals surface area contributed by atoms with Gasteiger partial charge in [-0.3, -0.25) is 14.5 Å². The van der Waals surface area contributed by atoms with Crippen molar-refractivity contribution in [3.63, 3.8) is 0 Å². The number of thiazole rings is 1. The van der Waals surface area contributed by atoms with E-state index in [0.29, 0.717) is 16.0 Å². The number of aliphatic carboxylic acids is 1. The molecular formula is C20H25N6O6S2+. The van der Waals surface area contributed by atoms with Crippen LogP contribution in [-0.4, -0.2) is 94.2 Å². The van der Waals surface area contributed by atoms with E-state index in [9.17, 15) is 19.5 Å². The van der Waals surface area contributed by atoms with Crippen molar-refractivity contribution in [2.24, 2.45) is 5.16 Å². The Hall–Kier alpha value is -2.94. The fourth-order valence-electron chi connectivity index (χ4n) is 3.94. The molecule has 4 N–H and O–H groups in total. The fourth-order valence-corrected chi connectivity index (χ4v) is 5.80. The molecule has 2 fully saturated rings. The molecule has 4 heterocycles. The lowest BCUT2D eigenvalue weighted by atomic mass is 10.0. The van der Waals surface area contributed by atoms with Crippen LogP contribution in [-0.2, 0) is 24.1 Å². The summed E-state index contributed by atoms with van der Waals surface area (Å²) in [6, 6.07) is -0.910. The van der Waals surface area contributed by atoms with Gasteiger partial charge in [-0.15, -0.1) is 23.1 Å². The summed E-state index contributed by atoms with van der Waals surface area (Å²) in [6.45, 7) is 0.852. The van der Waals surface area contributed by atoms with Crippen LogP contribution in [0.2, 0.25) is 0 Å². The summed E-state index contributed by atoms with van der Waals surface area (Å²) in [5.41, 5.74) is 6.17. The van der Waals surface area contributed by atoms with Crippen molar-refractivity contribution in [3.8, 4) is 0 Å². The van der Waals surface area contributed by atoms with E-state index in [1.807, 2.05) is 20.2 Å². The first-order valence-corrected chi connectivity index (χ1v) is 12.3. The SMILES string of the molecule is CO/N=C(\C(=O)N[C@@H]1C(=O)N2C(C(=O)O)=C(/C=C/[C@H]3CC[N+](C)(C)O3)CS[C@H]12)c1csc(N)n1. The summed E-state index contributed by atoms with van der Waals surface area (Å²) >= 11 is 2.51. The zero-order chi connectivity index (χ0) is 24.6. The highest BCUT2D eigenvalue weighted by Gasteiger charge is 2.54. The maximum atomic E-state index is 12.9. The summed E-state index contributed by atoms with van der Waals surface area (Å²) in [7, 11) is 5.19. The summed E-state index contributed by atoms with van der Waals surface area (Å²) in [4.78, 5) is 53.6.